The van der Waals surface area contributed by atoms with Crippen molar-refractivity contribution in [2.75, 3.05) is 5.32 Å². The Kier molecular flexibility index (Phi) is 9.68. The number of carbonyl (C=O) groups is 2. The average Bonchev–Trinajstić information content (AvgIpc) is 3.43. The van der Waals surface area contributed by atoms with Crippen LogP contribution in [0, 0.1) is 0 Å². The maximum Gasteiger partial charge on any atom is 0.573 e. The molecule has 4 aromatic rings. The number of aromatic nitrogens is 4. The van der Waals surface area contributed by atoms with E-state index in [1.54, 1.807) is 24.3 Å². The molecule has 2 heterocycles. The van der Waals surface area contributed by atoms with Gasteiger partial charge in [0.1, 0.15) is 5.75 Å². The molecule has 2 N–H and O–H groups in total. The second kappa shape index (κ2) is 13.6. The normalized spacial score (nSPS) is 12.0. The van der Waals surface area contributed by atoms with E-state index in [2.05, 4.69) is 25.7 Å². The van der Waals surface area contributed by atoms with E-state index in [1.807, 2.05) is 0 Å². The van der Waals surface area contributed by atoms with Gasteiger partial charge in [-0.15, -0.1) is 18.3 Å². The van der Waals surface area contributed by atoms with E-state index in [0.717, 1.165) is 6.07 Å². The van der Waals surface area contributed by atoms with Gasteiger partial charge in [-0.1, -0.05) is 47.7 Å². The van der Waals surface area contributed by atoms with Crippen LogP contribution in [-0.4, -0.2) is 37.7 Å². The van der Waals surface area contributed by atoms with Gasteiger partial charge in [-0.05, 0) is 42.2 Å². The highest BCUT2D eigenvalue weighted by Gasteiger charge is 2.31. The Morgan fingerprint density at radius 1 is 0.976 bits per heavy atom. The molecule has 42 heavy (non-hydrogen) atoms. The molecular formula is C28H26F4N6O4. The highest BCUT2D eigenvalue weighted by molar-refractivity contribution is 5.94. The van der Waals surface area contributed by atoms with Crippen molar-refractivity contribution in [2.45, 2.75) is 45.0 Å². The Morgan fingerprint density at radius 3 is 2.48 bits per heavy atom. The van der Waals surface area contributed by atoms with Gasteiger partial charge in [0, 0.05) is 37.6 Å². The van der Waals surface area contributed by atoms with Crippen molar-refractivity contribution in [1.29, 1.82) is 0 Å². The molecule has 0 bridgehead atoms. The molecule has 10 nitrogen and oxygen atoms in total. The van der Waals surface area contributed by atoms with Gasteiger partial charge in [0.15, 0.2) is 5.69 Å². The monoisotopic (exact) mass is 586 g/mol. The molecule has 2 aromatic carbocycles. The number of amides is 2. The molecule has 0 fully saturated rings. The quantitative estimate of drug-likeness (QED) is 0.188. The third-order valence-corrected chi connectivity index (χ3v) is 5.98. The zero-order valence-corrected chi connectivity index (χ0v) is 22.1. The minimum Gasteiger partial charge on any atom is -0.406 e. The first-order chi connectivity index (χ1) is 20.1. The fraction of sp³-hybridized carbons (Fsp3) is 0.250. The number of hydrogen-bond acceptors (Lipinski definition) is 6. The minimum absolute atomic E-state index is 0.0364. The van der Waals surface area contributed by atoms with Gasteiger partial charge in [0.2, 0.25) is 6.17 Å². The molecule has 0 spiro atoms. The summed E-state index contributed by atoms with van der Waals surface area (Å²) in [6.45, 7) is 0.749. The second-order valence-corrected chi connectivity index (χ2v) is 9.16. The van der Waals surface area contributed by atoms with Crippen LogP contribution in [0.5, 0.6) is 5.75 Å². The number of aryl methyl sites for hydroxylation is 2. The van der Waals surface area contributed by atoms with Gasteiger partial charge < -0.3 is 19.9 Å². The predicted octanol–water partition coefficient (Wildman–Crippen LogP) is 4.40. The molecule has 2 amide bonds. The molecule has 2 aromatic heterocycles. The lowest BCUT2D eigenvalue weighted by molar-refractivity contribution is -0.274. The summed E-state index contributed by atoms with van der Waals surface area (Å²) in [5.41, 5.74) is 0.484. The second-order valence-electron chi connectivity index (χ2n) is 9.16. The molecule has 0 aliphatic carbocycles. The van der Waals surface area contributed by atoms with Crippen LogP contribution in [0.2, 0.25) is 0 Å². The van der Waals surface area contributed by atoms with E-state index in [4.69, 9.17) is 0 Å². The van der Waals surface area contributed by atoms with Crippen LogP contribution in [0.3, 0.4) is 0 Å². The third-order valence-electron chi connectivity index (χ3n) is 5.98. The molecule has 0 radical (unpaired) electrons. The van der Waals surface area contributed by atoms with Gasteiger partial charge in [-0.3, -0.25) is 19.1 Å². The Bertz CT molecular complexity index is 1570. The summed E-state index contributed by atoms with van der Waals surface area (Å²) in [5.74, 6) is -1.81. The number of rotatable bonds is 12. The zero-order chi connectivity index (χ0) is 30.1. The lowest BCUT2D eigenvalue weighted by Crippen LogP contribution is -2.23. The van der Waals surface area contributed by atoms with E-state index in [0.29, 0.717) is 31.5 Å². The number of halogens is 4. The first-order valence-corrected chi connectivity index (χ1v) is 12.8. The molecular weight excluding hydrogens is 560 g/mol. The highest BCUT2D eigenvalue weighted by Crippen LogP contribution is 2.23. The molecule has 1 atom stereocenters. The van der Waals surface area contributed by atoms with Gasteiger partial charge in [-0.25, -0.2) is 4.39 Å². The number of pyridine rings is 1. The Balaban J connectivity index is 1.20. The standard InChI is InChI=1S/C28H26F4N6O4/c29-25(20-8-2-1-3-9-20)27(41)34-21-11-14-37(24(39)16-21)12-4-5-13-38-18-23(35-36-38)26(40)33-17-19-7-6-10-22(15-19)42-28(30,31)32/h1-3,6-11,14-16,18,25H,4-5,12-13,17H2,(H,33,40)(H,34,41). The van der Waals surface area contributed by atoms with Crippen molar-refractivity contribution < 1.29 is 31.9 Å². The third kappa shape index (κ3) is 8.74. The predicted molar refractivity (Wildman–Crippen MR) is 143 cm³/mol. The molecule has 0 saturated carbocycles. The Hall–Kier alpha value is -5.01. The number of alkyl halides is 4. The molecule has 0 aliphatic rings. The van der Waals surface area contributed by atoms with Crippen molar-refractivity contribution in [2.24, 2.45) is 0 Å². The maximum absolute atomic E-state index is 14.4. The van der Waals surface area contributed by atoms with Crippen molar-refractivity contribution in [1.82, 2.24) is 24.9 Å². The number of benzene rings is 2. The summed E-state index contributed by atoms with van der Waals surface area (Å²) in [5, 5.41) is 12.7. The van der Waals surface area contributed by atoms with E-state index in [1.165, 1.54) is 58.0 Å². The number of unbranched alkanes of at least 4 members (excludes halogenated alkanes) is 1. The van der Waals surface area contributed by atoms with Crippen LogP contribution < -0.4 is 20.9 Å². The first kappa shape index (κ1) is 30.0. The lowest BCUT2D eigenvalue weighted by atomic mass is 10.1. The van der Waals surface area contributed by atoms with Crippen molar-refractivity contribution >= 4 is 17.5 Å². The summed E-state index contributed by atoms with van der Waals surface area (Å²) in [7, 11) is 0. The van der Waals surface area contributed by atoms with Crippen molar-refractivity contribution in [3.05, 3.63) is 106 Å². The number of hydrogen-bond donors (Lipinski definition) is 2. The van der Waals surface area contributed by atoms with E-state index in [9.17, 15) is 31.9 Å². The molecule has 0 aliphatic heterocycles. The number of nitrogens with one attached hydrogen (secondary N) is 2. The summed E-state index contributed by atoms with van der Waals surface area (Å²) < 4.78 is 58.4. The number of ether oxygens (including phenoxy) is 1. The van der Waals surface area contributed by atoms with Crippen LogP contribution in [0.4, 0.5) is 23.2 Å². The molecule has 220 valence electrons. The van der Waals surface area contributed by atoms with Gasteiger partial charge in [0.25, 0.3) is 17.4 Å². The van der Waals surface area contributed by atoms with Crippen molar-refractivity contribution in [3.8, 4) is 5.75 Å². The summed E-state index contributed by atoms with van der Waals surface area (Å²) in [6.07, 6.45) is -2.54. The largest absolute Gasteiger partial charge is 0.573 e. The van der Waals surface area contributed by atoms with Crippen LogP contribution in [-0.2, 0) is 24.4 Å². The Labute approximate surface area is 236 Å². The minimum atomic E-state index is -4.82. The molecule has 4 rings (SSSR count). The van der Waals surface area contributed by atoms with Crippen LogP contribution in [0.25, 0.3) is 0 Å². The smallest absolute Gasteiger partial charge is 0.406 e. The van der Waals surface area contributed by atoms with Crippen molar-refractivity contribution in [3.63, 3.8) is 0 Å². The zero-order valence-electron chi connectivity index (χ0n) is 22.1. The highest BCUT2D eigenvalue weighted by atomic mass is 19.4. The fourth-order valence-corrected chi connectivity index (χ4v) is 3.94. The van der Waals surface area contributed by atoms with E-state index < -0.39 is 24.3 Å². The number of anilines is 1. The van der Waals surface area contributed by atoms with Gasteiger partial charge in [0.05, 0.1) is 6.20 Å². The fourth-order valence-electron chi connectivity index (χ4n) is 3.94. The van der Waals surface area contributed by atoms with Gasteiger partial charge in [-0.2, -0.15) is 0 Å². The van der Waals surface area contributed by atoms with Crippen LogP contribution in [0.1, 0.15) is 40.6 Å². The molecule has 0 saturated heterocycles. The molecule has 1 unspecified atom stereocenters. The SMILES string of the molecule is O=C(NCc1cccc(OC(F)(F)F)c1)c1cn(CCCCn2ccc(NC(=O)C(F)c3ccccc3)cc2=O)nn1. The number of carbonyl (C=O) groups excluding carboxylic acids is 2. The van der Waals surface area contributed by atoms with E-state index >= 15 is 0 Å². The topological polar surface area (TPSA) is 120 Å². The average molecular weight is 587 g/mol. The molecule has 14 heteroatoms. The summed E-state index contributed by atoms with van der Waals surface area (Å²) >= 11 is 0. The summed E-state index contributed by atoms with van der Waals surface area (Å²) in [4.78, 5) is 37.0. The number of nitrogens with zero attached hydrogens (tertiary/aromatic N) is 4. The maximum atomic E-state index is 14.4. The first-order valence-electron chi connectivity index (χ1n) is 12.8. The van der Waals surface area contributed by atoms with Crippen LogP contribution in [0.15, 0.2) is 83.9 Å². The van der Waals surface area contributed by atoms with Gasteiger partial charge >= 0.3 is 6.36 Å². The van der Waals surface area contributed by atoms with E-state index in [-0.39, 0.29) is 34.8 Å². The van der Waals surface area contributed by atoms with Crippen LogP contribution >= 0.6 is 0 Å². The summed E-state index contributed by atoms with van der Waals surface area (Å²) in [6, 6.07) is 16.0. The lowest BCUT2D eigenvalue weighted by Gasteiger charge is -2.11. The Morgan fingerprint density at radius 2 is 1.74 bits per heavy atom.